The van der Waals surface area contributed by atoms with Gasteiger partial charge >= 0.3 is 5.16 Å². The summed E-state index contributed by atoms with van der Waals surface area (Å²) < 4.78 is 0. The maximum atomic E-state index is 10.7. The molecule has 0 bridgehead atoms. The summed E-state index contributed by atoms with van der Waals surface area (Å²) in [7, 11) is 0. The summed E-state index contributed by atoms with van der Waals surface area (Å²) in [6.07, 6.45) is 0.604. The largest absolute Gasteiger partial charge is 0.357 e. The van der Waals surface area contributed by atoms with Crippen LogP contribution in [0.15, 0.2) is 11.2 Å². The maximum Gasteiger partial charge on any atom is 0.357 e. The number of nitrogens with zero attached hydrogens (tertiary/aromatic N) is 1. The molecule has 0 amide bonds. The Morgan fingerprint density at radius 1 is 1.57 bits per heavy atom. The van der Waals surface area contributed by atoms with E-state index in [1.165, 1.54) is 0 Å². The normalized spacial score (nSPS) is 10.2. The molecule has 1 aromatic rings. The number of rotatable bonds is 4. The van der Waals surface area contributed by atoms with Crippen LogP contribution in [0.4, 0.5) is 0 Å². The summed E-state index contributed by atoms with van der Waals surface area (Å²) in [6, 6.07) is 2.00. The van der Waals surface area contributed by atoms with Gasteiger partial charge in [0.05, 0.1) is 0 Å². The van der Waals surface area contributed by atoms with Gasteiger partial charge in [-0.15, -0.1) is 0 Å². The molecule has 1 aromatic heterocycles. The highest BCUT2D eigenvalue weighted by Crippen LogP contribution is 2.11. The Balaban J connectivity index is 2.54. The highest BCUT2D eigenvalue weighted by atomic mass is 32.2. The minimum absolute atomic E-state index is 0.224. The van der Waals surface area contributed by atoms with Crippen molar-refractivity contribution < 1.29 is 9.78 Å². The molecule has 0 atom stereocenters. The second kappa shape index (κ2) is 5.10. The fraction of sp³-hybridized carbons (Fsp3) is 0.500. The highest BCUT2D eigenvalue weighted by Gasteiger charge is 2.08. The molecular weight excluding hydrogens is 196 g/mol. The van der Waals surface area contributed by atoms with Gasteiger partial charge in [-0.25, -0.2) is 4.98 Å². The van der Waals surface area contributed by atoms with E-state index in [1.54, 1.807) is 18.7 Å². The van der Waals surface area contributed by atoms with Crippen LogP contribution in [0, 0.1) is 13.8 Å². The van der Waals surface area contributed by atoms with E-state index in [0.717, 1.165) is 22.3 Å². The standard InChI is InChI=1S/C10H14N2OS/c1-7-6-8(2)12-10(11-7)14-5-4-9(3)13/h6H,4-5H2,1-3H3/p+1. The number of aryl methyl sites for hydroxylation is 2. The van der Waals surface area contributed by atoms with Crippen LogP contribution in [0.3, 0.4) is 0 Å². The van der Waals surface area contributed by atoms with E-state index in [0.29, 0.717) is 6.42 Å². The average molecular weight is 211 g/mol. The third-order valence-corrected chi connectivity index (χ3v) is 2.58. The van der Waals surface area contributed by atoms with Crippen molar-refractivity contribution in [2.24, 2.45) is 0 Å². The molecule has 1 heterocycles. The summed E-state index contributed by atoms with van der Waals surface area (Å²) in [5, 5.41) is 0.892. The smallest absolute Gasteiger partial charge is 0.300 e. The molecule has 0 aliphatic heterocycles. The number of carbonyl (C=O) groups excluding carboxylic acids is 1. The number of hydrogen-bond donors (Lipinski definition) is 0. The lowest BCUT2D eigenvalue weighted by atomic mass is 10.4. The quantitative estimate of drug-likeness (QED) is 0.561. The molecule has 0 aliphatic rings. The van der Waals surface area contributed by atoms with Crippen LogP contribution in [0.1, 0.15) is 24.7 Å². The molecule has 1 rings (SSSR count). The van der Waals surface area contributed by atoms with E-state index in [4.69, 9.17) is 0 Å². The second-order valence-electron chi connectivity index (χ2n) is 3.31. The Labute approximate surface area is 88.3 Å². The third kappa shape index (κ3) is 3.87. The lowest BCUT2D eigenvalue weighted by Gasteiger charge is -1.94. The van der Waals surface area contributed by atoms with Gasteiger partial charge in [0.1, 0.15) is 11.5 Å². The minimum Gasteiger partial charge on any atom is -0.300 e. The Morgan fingerprint density at radius 3 is 2.86 bits per heavy atom. The first kappa shape index (κ1) is 11.2. The van der Waals surface area contributed by atoms with Crippen molar-refractivity contribution in [1.82, 2.24) is 4.98 Å². The van der Waals surface area contributed by atoms with Crippen molar-refractivity contribution in [3.8, 4) is 0 Å². The molecule has 1 N–H and O–H groups in total. The third-order valence-electron chi connectivity index (χ3n) is 1.70. The fourth-order valence-electron chi connectivity index (χ4n) is 1.10. The zero-order valence-electron chi connectivity index (χ0n) is 8.76. The Hall–Kier alpha value is -0.900. The molecule has 14 heavy (non-hydrogen) atoms. The van der Waals surface area contributed by atoms with Gasteiger partial charge in [0, 0.05) is 25.2 Å². The number of nitrogens with one attached hydrogen (secondary N) is 1. The van der Waals surface area contributed by atoms with E-state index in [1.807, 2.05) is 19.9 Å². The van der Waals surface area contributed by atoms with Crippen LogP contribution in [-0.4, -0.2) is 16.5 Å². The van der Waals surface area contributed by atoms with Crippen LogP contribution in [0.2, 0.25) is 0 Å². The summed E-state index contributed by atoms with van der Waals surface area (Å²) in [5.41, 5.74) is 2.11. The molecule has 0 fully saturated rings. The van der Waals surface area contributed by atoms with Gasteiger partial charge < -0.3 is 0 Å². The number of ketones is 1. The highest BCUT2D eigenvalue weighted by molar-refractivity contribution is 7.99. The zero-order chi connectivity index (χ0) is 10.6. The molecule has 0 unspecified atom stereocenters. The SMILES string of the molecule is CC(=O)CCSc1nc(C)cc(C)[nH+]1. The molecule has 0 aliphatic carbocycles. The van der Waals surface area contributed by atoms with E-state index in [9.17, 15) is 4.79 Å². The molecule has 0 spiro atoms. The maximum absolute atomic E-state index is 10.7. The topological polar surface area (TPSA) is 44.1 Å². The van der Waals surface area contributed by atoms with Crippen LogP contribution >= 0.6 is 11.8 Å². The van der Waals surface area contributed by atoms with Crippen LogP contribution in [0.25, 0.3) is 0 Å². The number of H-pyrrole nitrogens is 1. The fourth-order valence-corrected chi connectivity index (χ4v) is 2.12. The summed E-state index contributed by atoms with van der Waals surface area (Å²) in [5.74, 6) is 1.02. The van der Waals surface area contributed by atoms with E-state index >= 15 is 0 Å². The number of aromatic nitrogens is 2. The van der Waals surface area contributed by atoms with Gasteiger partial charge in [0.25, 0.3) is 0 Å². The van der Waals surface area contributed by atoms with Gasteiger partial charge in [-0.05, 0) is 30.6 Å². The average Bonchev–Trinajstić information content (AvgIpc) is 2.01. The van der Waals surface area contributed by atoms with Crippen LogP contribution in [-0.2, 0) is 4.79 Å². The van der Waals surface area contributed by atoms with Gasteiger partial charge in [-0.1, -0.05) is 0 Å². The van der Waals surface area contributed by atoms with Gasteiger partial charge in [-0.3, -0.25) is 4.79 Å². The van der Waals surface area contributed by atoms with Crippen LogP contribution in [0.5, 0.6) is 0 Å². The summed E-state index contributed by atoms with van der Waals surface area (Å²) >= 11 is 1.59. The number of carbonyl (C=O) groups is 1. The Morgan fingerprint density at radius 2 is 2.29 bits per heavy atom. The first-order valence-corrected chi connectivity index (χ1v) is 5.56. The Bertz CT molecular complexity index is 319. The number of aromatic amines is 1. The van der Waals surface area contributed by atoms with Crippen LogP contribution < -0.4 is 4.98 Å². The molecule has 0 saturated heterocycles. The predicted octanol–water partition coefficient (Wildman–Crippen LogP) is 1.58. The molecule has 0 radical (unpaired) electrons. The molecular formula is C10H15N2OS+. The first-order valence-electron chi connectivity index (χ1n) is 4.58. The number of hydrogen-bond acceptors (Lipinski definition) is 3. The van der Waals surface area contributed by atoms with Crippen molar-refractivity contribution >= 4 is 17.5 Å². The number of Topliss-reactive ketones (excluding diaryl/α,β-unsaturated/α-hetero) is 1. The second-order valence-corrected chi connectivity index (χ2v) is 4.39. The zero-order valence-corrected chi connectivity index (χ0v) is 9.57. The lowest BCUT2D eigenvalue weighted by molar-refractivity contribution is -0.442. The van der Waals surface area contributed by atoms with Crippen molar-refractivity contribution in [1.29, 1.82) is 0 Å². The summed E-state index contributed by atoms with van der Waals surface area (Å²) in [6.45, 7) is 5.58. The van der Waals surface area contributed by atoms with E-state index < -0.39 is 0 Å². The Kier molecular flexibility index (Phi) is 4.07. The lowest BCUT2D eigenvalue weighted by Crippen LogP contribution is -2.14. The molecule has 4 heteroatoms. The molecule has 0 aromatic carbocycles. The van der Waals surface area contributed by atoms with Crippen molar-refractivity contribution in [2.45, 2.75) is 32.3 Å². The van der Waals surface area contributed by atoms with Gasteiger partial charge in [0.2, 0.25) is 0 Å². The van der Waals surface area contributed by atoms with E-state index in [-0.39, 0.29) is 5.78 Å². The van der Waals surface area contributed by atoms with Gasteiger partial charge in [0.15, 0.2) is 5.69 Å². The summed E-state index contributed by atoms with van der Waals surface area (Å²) in [4.78, 5) is 18.2. The molecule has 0 saturated carbocycles. The predicted molar refractivity (Wildman–Crippen MR) is 56.3 cm³/mol. The van der Waals surface area contributed by atoms with E-state index in [2.05, 4.69) is 9.97 Å². The van der Waals surface area contributed by atoms with Crippen molar-refractivity contribution in [2.75, 3.05) is 5.75 Å². The number of thioether (sulfide) groups is 1. The molecule has 76 valence electrons. The monoisotopic (exact) mass is 211 g/mol. The van der Waals surface area contributed by atoms with Crippen molar-refractivity contribution in [3.63, 3.8) is 0 Å². The minimum atomic E-state index is 0.224. The first-order chi connectivity index (χ1) is 6.58. The van der Waals surface area contributed by atoms with Gasteiger partial charge in [-0.2, -0.15) is 0 Å². The van der Waals surface area contributed by atoms with Crippen molar-refractivity contribution in [3.05, 3.63) is 17.5 Å². The molecule has 3 nitrogen and oxygen atoms in total.